The van der Waals surface area contributed by atoms with Crippen LogP contribution in [0.15, 0.2) is 18.2 Å². The maximum absolute atomic E-state index is 5.29. The van der Waals surface area contributed by atoms with Crippen molar-refractivity contribution in [1.29, 1.82) is 0 Å². The number of rotatable bonds is 1. The molecule has 3 rings (SSSR count). The molecule has 0 unspecified atom stereocenters. The Hall–Kier alpha value is -1.02. The highest BCUT2D eigenvalue weighted by Crippen LogP contribution is 2.48. The first-order valence-electron chi connectivity index (χ1n) is 5.76. The third kappa shape index (κ3) is 1.44. The van der Waals surface area contributed by atoms with Gasteiger partial charge in [0.15, 0.2) is 0 Å². The van der Waals surface area contributed by atoms with Crippen molar-refractivity contribution in [1.82, 2.24) is 5.32 Å². The number of ether oxygens (including phenoxy) is 1. The monoisotopic (exact) mass is 203 g/mol. The number of aryl methyl sites for hydroxylation is 1. The number of methoxy groups -OCH3 is 1. The van der Waals surface area contributed by atoms with E-state index < -0.39 is 0 Å². The van der Waals surface area contributed by atoms with E-state index in [9.17, 15) is 0 Å². The predicted octanol–water partition coefficient (Wildman–Crippen LogP) is 2.22. The summed E-state index contributed by atoms with van der Waals surface area (Å²) >= 11 is 0. The summed E-state index contributed by atoms with van der Waals surface area (Å²) in [5.74, 6) is 0.992. The smallest absolute Gasteiger partial charge is 0.119 e. The van der Waals surface area contributed by atoms with Gasteiger partial charge in [0, 0.05) is 5.54 Å². The molecule has 1 spiro atoms. The van der Waals surface area contributed by atoms with Gasteiger partial charge in [-0.25, -0.2) is 0 Å². The minimum atomic E-state index is 0.331. The molecule has 0 atom stereocenters. The summed E-state index contributed by atoms with van der Waals surface area (Å²) in [4.78, 5) is 0. The summed E-state index contributed by atoms with van der Waals surface area (Å²) in [6.07, 6.45) is 5.02. The van der Waals surface area contributed by atoms with Gasteiger partial charge in [-0.15, -0.1) is 0 Å². The fraction of sp³-hybridized carbons (Fsp3) is 0.538. The third-order valence-electron chi connectivity index (χ3n) is 3.66. The SMILES string of the molecule is COc1ccc2c(c1)CCCNC21CC1. The topological polar surface area (TPSA) is 21.3 Å². The van der Waals surface area contributed by atoms with Crippen molar-refractivity contribution in [3.05, 3.63) is 29.3 Å². The van der Waals surface area contributed by atoms with Gasteiger partial charge in [-0.3, -0.25) is 0 Å². The van der Waals surface area contributed by atoms with E-state index in [2.05, 4.69) is 23.5 Å². The Morgan fingerprint density at radius 1 is 1.33 bits per heavy atom. The van der Waals surface area contributed by atoms with Crippen molar-refractivity contribution >= 4 is 0 Å². The molecular weight excluding hydrogens is 186 g/mol. The van der Waals surface area contributed by atoms with E-state index in [-0.39, 0.29) is 0 Å². The van der Waals surface area contributed by atoms with Gasteiger partial charge in [0.05, 0.1) is 7.11 Å². The van der Waals surface area contributed by atoms with E-state index >= 15 is 0 Å². The van der Waals surface area contributed by atoms with Crippen molar-refractivity contribution in [3.8, 4) is 5.75 Å². The molecule has 0 bridgehead atoms. The summed E-state index contributed by atoms with van der Waals surface area (Å²) in [5, 5.41) is 3.68. The molecule has 2 aliphatic rings. The largest absolute Gasteiger partial charge is 0.497 e. The van der Waals surface area contributed by atoms with Crippen LogP contribution in [0.4, 0.5) is 0 Å². The Kier molecular flexibility index (Phi) is 1.99. The van der Waals surface area contributed by atoms with Crippen molar-refractivity contribution < 1.29 is 4.74 Å². The lowest BCUT2D eigenvalue weighted by Gasteiger charge is -2.17. The van der Waals surface area contributed by atoms with Gasteiger partial charge < -0.3 is 10.1 Å². The van der Waals surface area contributed by atoms with E-state index in [1.165, 1.54) is 36.8 Å². The molecule has 15 heavy (non-hydrogen) atoms. The van der Waals surface area contributed by atoms with Crippen molar-refractivity contribution in [2.45, 2.75) is 31.2 Å². The molecule has 1 saturated carbocycles. The molecule has 80 valence electrons. The molecule has 0 aromatic heterocycles. The van der Waals surface area contributed by atoms with Crippen LogP contribution in [0.5, 0.6) is 5.75 Å². The normalized spacial score (nSPS) is 21.9. The summed E-state index contributed by atoms with van der Waals surface area (Å²) in [5.41, 5.74) is 3.33. The van der Waals surface area contributed by atoms with Gasteiger partial charge in [-0.1, -0.05) is 6.07 Å². The number of nitrogens with one attached hydrogen (secondary N) is 1. The van der Waals surface area contributed by atoms with Crippen LogP contribution in [0, 0.1) is 0 Å². The molecular formula is C13H17NO. The van der Waals surface area contributed by atoms with Crippen LogP contribution in [0.2, 0.25) is 0 Å². The zero-order valence-corrected chi connectivity index (χ0v) is 9.18. The van der Waals surface area contributed by atoms with Gasteiger partial charge in [-0.2, -0.15) is 0 Å². The van der Waals surface area contributed by atoms with Crippen molar-refractivity contribution in [2.24, 2.45) is 0 Å². The lowest BCUT2D eigenvalue weighted by atomic mass is 9.97. The minimum Gasteiger partial charge on any atom is -0.497 e. The molecule has 1 aromatic carbocycles. The molecule has 1 aliphatic carbocycles. The molecule has 0 saturated heterocycles. The molecule has 1 N–H and O–H groups in total. The minimum absolute atomic E-state index is 0.331. The van der Waals surface area contributed by atoms with Crippen molar-refractivity contribution in [2.75, 3.05) is 13.7 Å². The molecule has 0 radical (unpaired) electrons. The van der Waals surface area contributed by atoms with Gasteiger partial charge >= 0.3 is 0 Å². The van der Waals surface area contributed by atoms with E-state index in [1.807, 2.05) is 0 Å². The molecule has 1 aliphatic heterocycles. The van der Waals surface area contributed by atoms with Crippen LogP contribution in [-0.4, -0.2) is 13.7 Å². The number of fused-ring (bicyclic) bond motifs is 2. The fourth-order valence-corrected chi connectivity index (χ4v) is 2.64. The van der Waals surface area contributed by atoms with E-state index in [1.54, 1.807) is 7.11 Å². The summed E-state index contributed by atoms with van der Waals surface area (Å²) in [6, 6.07) is 6.55. The lowest BCUT2D eigenvalue weighted by Crippen LogP contribution is -2.28. The molecule has 1 heterocycles. The van der Waals surface area contributed by atoms with E-state index in [0.29, 0.717) is 5.54 Å². The standard InChI is InChI=1S/C13H17NO/c1-15-11-4-5-12-10(9-11)3-2-8-14-13(12)6-7-13/h4-5,9,14H,2-3,6-8H2,1H3. The second kappa shape index (κ2) is 3.24. The zero-order chi connectivity index (χ0) is 10.3. The zero-order valence-electron chi connectivity index (χ0n) is 9.18. The Bertz CT molecular complexity index is 382. The highest BCUT2D eigenvalue weighted by molar-refractivity contribution is 5.43. The Morgan fingerprint density at radius 3 is 2.93 bits per heavy atom. The number of hydrogen-bond donors (Lipinski definition) is 1. The summed E-state index contributed by atoms with van der Waals surface area (Å²) < 4.78 is 5.29. The molecule has 1 fully saturated rings. The van der Waals surface area contributed by atoms with Crippen molar-refractivity contribution in [3.63, 3.8) is 0 Å². The van der Waals surface area contributed by atoms with Crippen LogP contribution in [0.3, 0.4) is 0 Å². The number of benzene rings is 1. The first-order chi connectivity index (χ1) is 7.34. The van der Waals surface area contributed by atoms with E-state index in [4.69, 9.17) is 4.74 Å². The molecule has 1 aromatic rings. The highest BCUT2D eigenvalue weighted by atomic mass is 16.5. The predicted molar refractivity (Wildman–Crippen MR) is 60.2 cm³/mol. The third-order valence-corrected chi connectivity index (χ3v) is 3.66. The average Bonchev–Trinajstić information content (AvgIpc) is 3.07. The van der Waals surface area contributed by atoms with Gasteiger partial charge in [0.1, 0.15) is 5.75 Å². The van der Waals surface area contributed by atoms with Gasteiger partial charge in [0.2, 0.25) is 0 Å². The summed E-state index contributed by atoms with van der Waals surface area (Å²) in [7, 11) is 1.74. The molecule has 2 nitrogen and oxygen atoms in total. The number of hydrogen-bond acceptors (Lipinski definition) is 2. The van der Waals surface area contributed by atoms with Crippen LogP contribution < -0.4 is 10.1 Å². The van der Waals surface area contributed by atoms with Crippen LogP contribution >= 0.6 is 0 Å². The molecule has 0 amide bonds. The second-order valence-corrected chi connectivity index (χ2v) is 4.64. The fourth-order valence-electron chi connectivity index (χ4n) is 2.64. The van der Waals surface area contributed by atoms with Crippen LogP contribution in [-0.2, 0) is 12.0 Å². The van der Waals surface area contributed by atoms with Gasteiger partial charge in [-0.05, 0) is 55.5 Å². The molecule has 2 heteroatoms. The Labute approximate surface area is 90.6 Å². The maximum atomic E-state index is 5.29. The second-order valence-electron chi connectivity index (χ2n) is 4.64. The summed E-state index contributed by atoms with van der Waals surface area (Å²) in [6.45, 7) is 1.15. The quantitative estimate of drug-likeness (QED) is 0.755. The van der Waals surface area contributed by atoms with Crippen LogP contribution in [0.1, 0.15) is 30.4 Å². The highest BCUT2D eigenvalue weighted by Gasteiger charge is 2.45. The Morgan fingerprint density at radius 2 is 2.20 bits per heavy atom. The first-order valence-corrected chi connectivity index (χ1v) is 5.76. The maximum Gasteiger partial charge on any atom is 0.119 e. The van der Waals surface area contributed by atoms with Gasteiger partial charge in [0.25, 0.3) is 0 Å². The van der Waals surface area contributed by atoms with E-state index in [0.717, 1.165) is 12.3 Å². The Balaban J connectivity index is 2.06. The lowest BCUT2D eigenvalue weighted by molar-refractivity contribution is 0.414. The average molecular weight is 203 g/mol. The first kappa shape index (κ1) is 9.22. The van der Waals surface area contributed by atoms with Crippen LogP contribution in [0.25, 0.3) is 0 Å².